The molecule has 0 heterocycles. The molecule has 7 rings (SSSR count). The summed E-state index contributed by atoms with van der Waals surface area (Å²) in [6.07, 6.45) is 7.88. The highest BCUT2D eigenvalue weighted by molar-refractivity contribution is 7.99. The summed E-state index contributed by atoms with van der Waals surface area (Å²) in [6, 6.07) is 22.0. The molecule has 2 saturated carbocycles. The third-order valence-corrected chi connectivity index (χ3v) is 10.9. The number of aryl methyl sites for hydroxylation is 2. The zero-order valence-electron chi connectivity index (χ0n) is 21.9. The van der Waals surface area contributed by atoms with E-state index in [1.165, 1.54) is 76.8 Å². The van der Waals surface area contributed by atoms with Crippen LogP contribution < -0.4 is 4.74 Å². The van der Waals surface area contributed by atoms with Gasteiger partial charge in [-0.1, -0.05) is 79.9 Å². The van der Waals surface area contributed by atoms with Crippen LogP contribution in [0.1, 0.15) is 60.8 Å². The van der Waals surface area contributed by atoms with Crippen molar-refractivity contribution in [3.8, 4) is 22.6 Å². The van der Waals surface area contributed by atoms with Gasteiger partial charge in [0.25, 0.3) is 0 Å². The van der Waals surface area contributed by atoms with Crippen molar-refractivity contribution in [3.63, 3.8) is 0 Å². The number of benzene rings is 4. The lowest BCUT2D eigenvalue weighted by molar-refractivity contribution is 0.277. The third kappa shape index (κ3) is 3.39. The van der Waals surface area contributed by atoms with Gasteiger partial charge in [0.05, 0.1) is 12.0 Å². The van der Waals surface area contributed by atoms with Crippen LogP contribution in [0.3, 0.4) is 0 Å². The van der Waals surface area contributed by atoms with Crippen LogP contribution in [0, 0.1) is 25.7 Å². The number of aromatic hydroxyl groups is 1. The SMILES string of the molecule is COc1cc2c(O)cc3c(c2cc1Sc1c(C)cccc1C)-c1ccccc1C31CC2CCCCC2C1. The zero-order chi connectivity index (χ0) is 25.3. The first kappa shape index (κ1) is 23.2. The van der Waals surface area contributed by atoms with Gasteiger partial charge in [0.15, 0.2) is 0 Å². The van der Waals surface area contributed by atoms with Gasteiger partial charge in [0, 0.05) is 15.7 Å². The van der Waals surface area contributed by atoms with E-state index in [1.807, 2.05) is 6.07 Å². The molecule has 3 aliphatic rings. The molecule has 37 heavy (non-hydrogen) atoms. The average Bonchev–Trinajstić information content (AvgIpc) is 3.42. The Morgan fingerprint density at radius 3 is 2.24 bits per heavy atom. The summed E-state index contributed by atoms with van der Waals surface area (Å²) in [4.78, 5) is 2.37. The first-order valence-corrected chi connectivity index (χ1v) is 14.5. The quantitative estimate of drug-likeness (QED) is 0.300. The normalized spacial score (nSPS) is 23.8. The number of hydrogen-bond acceptors (Lipinski definition) is 3. The Balaban J connectivity index is 1.47. The average molecular weight is 507 g/mol. The number of phenols is 1. The minimum absolute atomic E-state index is 0.0249. The van der Waals surface area contributed by atoms with E-state index < -0.39 is 0 Å². The molecule has 0 aliphatic heterocycles. The summed E-state index contributed by atoms with van der Waals surface area (Å²) >= 11 is 1.77. The third-order valence-electron chi connectivity index (χ3n) is 9.54. The Kier molecular flexibility index (Phi) is 5.37. The topological polar surface area (TPSA) is 29.5 Å². The maximum atomic E-state index is 11.4. The van der Waals surface area contributed by atoms with Crippen LogP contribution in [0.5, 0.6) is 11.5 Å². The first-order chi connectivity index (χ1) is 18.0. The second kappa shape index (κ2) is 8.56. The molecule has 0 bridgehead atoms. The molecule has 2 atom stereocenters. The molecule has 2 fully saturated rings. The van der Waals surface area contributed by atoms with E-state index >= 15 is 0 Å². The van der Waals surface area contributed by atoms with Crippen molar-refractivity contribution in [3.05, 3.63) is 82.9 Å². The minimum Gasteiger partial charge on any atom is -0.507 e. The number of rotatable bonds is 3. The molecule has 3 aliphatic carbocycles. The van der Waals surface area contributed by atoms with Gasteiger partial charge in [-0.25, -0.2) is 0 Å². The van der Waals surface area contributed by atoms with Crippen molar-refractivity contribution >= 4 is 22.5 Å². The van der Waals surface area contributed by atoms with Crippen molar-refractivity contribution in [2.24, 2.45) is 11.8 Å². The predicted molar refractivity (Wildman–Crippen MR) is 153 cm³/mol. The van der Waals surface area contributed by atoms with E-state index in [1.54, 1.807) is 18.9 Å². The van der Waals surface area contributed by atoms with Gasteiger partial charge in [0.1, 0.15) is 11.5 Å². The van der Waals surface area contributed by atoms with Crippen molar-refractivity contribution in [1.29, 1.82) is 0 Å². The number of hydrogen-bond donors (Lipinski definition) is 1. The van der Waals surface area contributed by atoms with Gasteiger partial charge < -0.3 is 9.84 Å². The molecule has 188 valence electrons. The van der Waals surface area contributed by atoms with Crippen LogP contribution in [0.2, 0.25) is 0 Å². The maximum Gasteiger partial charge on any atom is 0.133 e. The molecule has 2 unspecified atom stereocenters. The van der Waals surface area contributed by atoms with Crippen LogP contribution in [-0.4, -0.2) is 12.2 Å². The van der Waals surface area contributed by atoms with Crippen LogP contribution >= 0.6 is 11.8 Å². The minimum atomic E-state index is 0.0249. The van der Waals surface area contributed by atoms with Gasteiger partial charge in [-0.05, 0) is 95.5 Å². The summed E-state index contributed by atoms with van der Waals surface area (Å²) < 4.78 is 5.87. The molecule has 1 spiro atoms. The fourth-order valence-electron chi connectivity index (χ4n) is 7.89. The lowest BCUT2D eigenvalue weighted by Gasteiger charge is -2.28. The van der Waals surface area contributed by atoms with Crippen LogP contribution in [0.25, 0.3) is 21.9 Å². The van der Waals surface area contributed by atoms with E-state index in [0.717, 1.165) is 33.3 Å². The van der Waals surface area contributed by atoms with Crippen molar-refractivity contribution in [2.45, 2.75) is 67.6 Å². The Morgan fingerprint density at radius 2 is 1.54 bits per heavy atom. The second-order valence-corrected chi connectivity index (χ2v) is 12.6. The van der Waals surface area contributed by atoms with Crippen molar-refractivity contribution < 1.29 is 9.84 Å². The molecule has 0 amide bonds. The van der Waals surface area contributed by atoms with Crippen molar-refractivity contribution in [2.75, 3.05) is 7.11 Å². The monoisotopic (exact) mass is 506 g/mol. The van der Waals surface area contributed by atoms with Gasteiger partial charge in [-0.2, -0.15) is 0 Å². The molecule has 4 aromatic rings. The molecule has 0 saturated heterocycles. The molecule has 1 N–H and O–H groups in total. The molecular weight excluding hydrogens is 472 g/mol. The highest BCUT2D eigenvalue weighted by Crippen LogP contribution is 2.64. The molecule has 3 heteroatoms. The van der Waals surface area contributed by atoms with Crippen LogP contribution in [0.15, 0.2) is 70.5 Å². The van der Waals surface area contributed by atoms with E-state index in [2.05, 4.69) is 68.4 Å². The lowest BCUT2D eigenvalue weighted by atomic mass is 9.75. The molecule has 2 nitrogen and oxygen atoms in total. The lowest BCUT2D eigenvalue weighted by Crippen LogP contribution is -2.21. The highest BCUT2D eigenvalue weighted by Gasteiger charge is 2.52. The van der Waals surface area contributed by atoms with E-state index in [9.17, 15) is 5.11 Å². The summed E-state index contributed by atoms with van der Waals surface area (Å²) in [5, 5.41) is 13.5. The number of phenolic OH excluding ortho intramolecular Hbond substituents is 1. The number of methoxy groups -OCH3 is 1. The van der Waals surface area contributed by atoms with Crippen LogP contribution in [0.4, 0.5) is 0 Å². The van der Waals surface area contributed by atoms with Crippen LogP contribution in [-0.2, 0) is 5.41 Å². The summed E-state index contributed by atoms with van der Waals surface area (Å²) in [6.45, 7) is 4.35. The Bertz CT molecular complexity index is 1520. The maximum absolute atomic E-state index is 11.4. The molecule has 4 aromatic carbocycles. The first-order valence-electron chi connectivity index (χ1n) is 13.7. The second-order valence-electron chi connectivity index (χ2n) is 11.5. The fraction of sp³-hybridized carbons (Fsp3) is 0.353. The Morgan fingerprint density at radius 1 is 0.838 bits per heavy atom. The summed E-state index contributed by atoms with van der Waals surface area (Å²) in [5.74, 6) is 2.79. The van der Waals surface area contributed by atoms with E-state index in [4.69, 9.17) is 4.74 Å². The number of ether oxygens (including phenoxy) is 1. The largest absolute Gasteiger partial charge is 0.507 e. The van der Waals surface area contributed by atoms with Crippen molar-refractivity contribution in [1.82, 2.24) is 0 Å². The highest BCUT2D eigenvalue weighted by atomic mass is 32.2. The summed E-state index contributed by atoms with van der Waals surface area (Å²) in [7, 11) is 1.73. The Labute approximate surface area is 224 Å². The van der Waals surface area contributed by atoms with E-state index in [-0.39, 0.29) is 5.41 Å². The molecular formula is C34H34O2S. The van der Waals surface area contributed by atoms with Gasteiger partial charge in [-0.3, -0.25) is 0 Å². The van der Waals surface area contributed by atoms with Gasteiger partial charge in [0.2, 0.25) is 0 Å². The predicted octanol–water partition coefficient (Wildman–Crippen LogP) is 9.19. The van der Waals surface area contributed by atoms with Gasteiger partial charge >= 0.3 is 0 Å². The Hall–Kier alpha value is -2.91. The van der Waals surface area contributed by atoms with Gasteiger partial charge in [-0.15, -0.1) is 0 Å². The molecule has 0 aromatic heterocycles. The standard InChI is InChI=1S/C34H34O2S/c1-20-9-8-10-21(2)33(20)37-31-16-26-25(15-30(31)36-3)29(35)17-28-32(26)24-13-6-7-14-27(24)34(28)18-22-11-4-5-12-23(22)19-34/h6-10,13-17,22-23,35H,4-5,11-12,18-19H2,1-3H3. The van der Waals surface area contributed by atoms with E-state index in [0.29, 0.717) is 5.75 Å². The molecule has 0 radical (unpaired) electrons. The number of fused-ring (bicyclic) bond motifs is 8. The summed E-state index contributed by atoms with van der Waals surface area (Å²) in [5.41, 5.74) is 8.07. The zero-order valence-corrected chi connectivity index (χ0v) is 22.8. The fourth-order valence-corrected chi connectivity index (χ4v) is 8.99. The smallest absolute Gasteiger partial charge is 0.133 e.